The largest absolute Gasteiger partial charge is 0.479 e. The average molecular weight is 337 g/mol. The number of nitrogens with zero attached hydrogens (tertiary/aromatic N) is 2. The molecule has 2 aromatic rings. The number of carbonyl (C=O) groups is 1. The van der Waals surface area contributed by atoms with Gasteiger partial charge in [0.2, 0.25) is 0 Å². The van der Waals surface area contributed by atoms with Crippen molar-refractivity contribution >= 4 is 17.3 Å². The minimum absolute atomic E-state index is 0.0899. The molecule has 0 unspecified atom stereocenters. The molecule has 0 spiro atoms. The van der Waals surface area contributed by atoms with E-state index in [1.54, 1.807) is 25.1 Å². The summed E-state index contributed by atoms with van der Waals surface area (Å²) in [6.45, 7) is 1.48. The number of hydrogen-bond donors (Lipinski definition) is 1. The summed E-state index contributed by atoms with van der Waals surface area (Å²) >= 11 is 0. The smallest absolute Gasteiger partial charge is 0.433 e. The predicted octanol–water partition coefficient (Wildman–Crippen LogP) is 3.00. The number of nitrogen functional groups attached to an aromatic ring is 1. The van der Waals surface area contributed by atoms with Gasteiger partial charge in [0.05, 0.1) is 17.9 Å². The zero-order valence-corrected chi connectivity index (χ0v) is 12.7. The molecule has 0 saturated heterocycles. The van der Waals surface area contributed by atoms with Crippen LogP contribution in [0, 0.1) is 0 Å². The van der Waals surface area contributed by atoms with E-state index in [0.717, 1.165) is 6.07 Å². The second-order valence-corrected chi connectivity index (χ2v) is 5.42. The molecule has 0 aliphatic carbocycles. The van der Waals surface area contributed by atoms with Crippen molar-refractivity contribution in [1.29, 1.82) is 0 Å². The Morgan fingerprint density at radius 1 is 1.29 bits per heavy atom. The van der Waals surface area contributed by atoms with Crippen molar-refractivity contribution in [1.82, 2.24) is 4.98 Å². The van der Waals surface area contributed by atoms with Gasteiger partial charge in [-0.1, -0.05) is 6.07 Å². The van der Waals surface area contributed by atoms with Gasteiger partial charge < -0.3 is 10.5 Å². The number of hydrogen-bond acceptors (Lipinski definition) is 4. The van der Waals surface area contributed by atoms with E-state index in [1.807, 2.05) is 0 Å². The van der Waals surface area contributed by atoms with Gasteiger partial charge in [-0.25, -0.2) is 4.98 Å². The van der Waals surface area contributed by atoms with Crippen LogP contribution in [0.5, 0.6) is 5.75 Å². The lowest BCUT2D eigenvalue weighted by Crippen LogP contribution is -2.44. The van der Waals surface area contributed by atoms with Gasteiger partial charge >= 0.3 is 6.18 Å². The Labute approximate surface area is 135 Å². The number of fused-ring (bicyclic) bond motifs is 1. The first-order valence-corrected chi connectivity index (χ1v) is 7.16. The van der Waals surface area contributed by atoms with Crippen molar-refractivity contribution in [3.8, 4) is 5.75 Å². The molecule has 0 saturated carbocycles. The molecule has 1 atom stereocenters. The molecular formula is C16H14F3N3O2. The van der Waals surface area contributed by atoms with Gasteiger partial charge in [-0.3, -0.25) is 9.69 Å². The average Bonchev–Trinajstić information content (AvgIpc) is 2.51. The number of alkyl halides is 3. The lowest BCUT2D eigenvalue weighted by atomic mass is 10.1. The summed E-state index contributed by atoms with van der Waals surface area (Å²) in [5, 5.41) is 0. The predicted molar refractivity (Wildman–Crippen MR) is 81.4 cm³/mol. The number of benzene rings is 1. The first-order chi connectivity index (χ1) is 11.3. The molecule has 24 heavy (non-hydrogen) atoms. The van der Waals surface area contributed by atoms with Crippen molar-refractivity contribution in [3.05, 3.63) is 47.8 Å². The number of rotatable bonds is 2. The molecule has 8 heteroatoms. The topological polar surface area (TPSA) is 68.5 Å². The molecule has 3 rings (SSSR count). The monoisotopic (exact) mass is 337 g/mol. The van der Waals surface area contributed by atoms with Crippen molar-refractivity contribution in [3.63, 3.8) is 0 Å². The molecule has 1 aliphatic rings. The molecule has 1 amide bonds. The third-order valence-corrected chi connectivity index (χ3v) is 3.61. The van der Waals surface area contributed by atoms with Crippen LogP contribution in [0.25, 0.3) is 0 Å². The standard InChI is InChI=1S/C16H14F3N3O2/c1-9-15(23)22(12-6-5-10(20)7-13(12)24-9)8-11-3-2-4-14(21-11)16(17,18)19/h2-7,9H,8,20H2,1H3/t9-/m1/s1. The quantitative estimate of drug-likeness (QED) is 0.856. The van der Waals surface area contributed by atoms with E-state index in [1.165, 1.54) is 17.0 Å². The number of carbonyl (C=O) groups excluding carboxylic acids is 1. The fourth-order valence-corrected chi connectivity index (χ4v) is 2.48. The van der Waals surface area contributed by atoms with Gasteiger partial charge in [0, 0.05) is 11.8 Å². The summed E-state index contributed by atoms with van der Waals surface area (Å²) in [7, 11) is 0. The maximum absolute atomic E-state index is 12.8. The fraction of sp³-hybridized carbons (Fsp3) is 0.250. The van der Waals surface area contributed by atoms with Gasteiger partial charge in [0.1, 0.15) is 11.4 Å². The van der Waals surface area contributed by atoms with Crippen LogP contribution >= 0.6 is 0 Å². The Hall–Kier alpha value is -2.77. The number of pyridine rings is 1. The minimum Gasteiger partial charge on any atom is -0.479 e. The van der Waals surface area contributed by atoms with Gasteiger partial charge in [-0.05, 0) is 31.2 Å². The van der Waals surface area contributed by atoms with Crippen LogP contribution in [0.4, 0.5) is 24.5 Å². The van der Waals surface area contributed by atoms with Crippen molar-refractivity contribution < 1.29 is 22.7 Å². The molecule has 2 heterocycles. The highest BCUT2D eigenvalue weighted by atomic mass is 19.4. The summed E-state index contributed by atoms with van der Waals surface area (Å²) in [4.78, 5) is 17.3. The van der Waals surface area contributed by atoms with Crippen LogP contribution in [0.1, 0.15) is 18.3 Å². The highest BCUT2D eigenvalue weighted by Gasteiger charge is 2.34. The van der Waals surface area contributed by atoms with Crippen molar-refractivity contribution in [2.75, 3.05) is 10.6 Å². The Morgan fingerprint density at radius 3 is 2.75 bits per heavy atom. The van der Waals surface area contributed by atoms with Gasteiger partial charge in [-0.15, -0.1) is 0 Å². The van der Waals surface area contributed by atoms with Crippen molar-refractivity contribution in [2.24, 2.45) is 0 Å². The normalized spacial score (nSPS) is 17.4. The van der Waals surface area contributed by atoms with Crippen LogP contribution in [-0.2, 0) is 17.5 Å². The molecule has 1 aromatic carbocycles. The first-order valence-electron chi connectivity index (χ1n) is 7.16. The molecule has 5 nitrogen and oxygen atoms in total. The Bertz CT molecular complexity index is 792. The highest BCUT2D eigenvalue weighted by molar-refractivity contribution is 5.99. The molecule has 0 fully saturated rings. The maximum Gasteiger partial charge on any atom is 0.433 e. The van der Waals surface area contributed by atoms with Crippen LogP contribution in [-0.4, -0.2) is 17.0 Å². The zero-order valence-electron chi connectivity index (χ0n) is 12.7. The van der Waals surface area contributed by atoms with Crippen LogP contribution < -0.4 is 15.4 Å². The SMILES string of the molecule is C[C@H]1Oc2cc(N)ccc2N(Cc2cccc(C(F)(F)F)n2)C1=O. The Balaban J connectivity index is 1.96. The molecule has 0 bridgehead atoms. The third kappa shape index (κ3) is 2.99. The number of aromatic nitrogens is 1. The number of ether oxygens (including phenoxy) is 1. The molecule has 2 N–H and O–H groups in total. The molecule has 1 aromatic heterocycles. The number of anilines is 2. The van der Waals surface area contributed by atoms with Crippen LogP contribution in [0.15, 0.2) is 36.4 Å². The number of nitrogens with two attached hydrogens (primary N) is 1. The van der Waals surface area contributed by atoms with E-state index in [0.29, 0.717) is 17.1 Å². The summed E-state index contributed by atoms with van der Waals surface area (Å²) in [5.74, 6) is 0.0561. The van der Waals surface area contributed by atoms with Gasteiger partial charge in [-0.2, -0.15) is 13.2 Å². The Morgan fingerprint density at radius 2 is 2.04 bits per heavy atom. The van der Waals surface area contributed by atoms with E-state index in [-0.39, 0.29) is 18.1 Å². The summed E-state index contributed by atoms with van der Waals surface area (Å²) in [5.41, 5.74) is 5.76. The van der Waals surface area contributed by atoms with E-state index in [2.05, 4.69) is 4.98 Å². The van der Waals surface area contributed by atoms with Gasteiger partial charge in [0.25, 0.3) is 5.91 Å². The third-order valence-electron chi connectivity index (χ3n) is 3.61. The second kappa shape index (κ2) is 5.70. The molecular weight excluding hydrogens is 323 g/mol. The second-order valence-electron chi connectivity index (χ2n) is 5.42. The van der Waals surface area contributed by atoms with E-state index < -0.39 is 18.0 Å². The maximum atomic E-state index is 12.8. The summed E-state index contributed by atoms with van der Waals surface area (Å²) in [6, 6.07) is 8.37. The highest BCUT2D eigenvalue weighted by Crippen LogP contribution is 2.36. The van der Waals surface area contributed by atoms with Crippen LogP contribution in [0.3, 0.4) is 0 Å². The number of amides is 1. The lowest BCUT2D eigenvalue weighted by Gasteiger charge is -2.33. The first kappa shape index (κ1) is 16.1. The number of halogens is 3. The van der Waals surface area contributed by atoms with E-state index in [4.69, 9.17) is 10.5 Å². The van der Waals surface area contributed by atoms with Crippen molar-refractivity contribution in [2.45, 2.75) is 25.7 Å². The summed E-state index contributed by atoms with van der Waals surface area (Å²) in [6.07, 6.45) is -5.30. The fourth-order valence-electron chi connectivity index (χ4n) is 2.48. The summed E-state index contributed by atoms with van der Waals surface area (Å²) < 4.78 is 43.9. The molecule has 126 valence electrons. The van der Waals surface area contributed by atoms with Crippen LogP contribution in [0.2, 0.25) is 0 Å². The zero-order chi connectivity index (χ0) is 17.5. The molecule has 0 radical (unpaired) electrons. The van der Waals surface area contributed by atoms with E-state index in [9.17, 15) is 18.0 Å². The van der Waals surface area contributed by atoms with Gasteiger partial charge in [0.15, 0.2) is 6.10 Å². The lowest BCUT2D eigenvalue weighted by molar-refractivity contribution is -0.141. The molecule has 1 aliphatic heterocycles. The Kier molecular flexibility index (Phi) is 3.82. The van der Waals surface area contributed by atoms with E-state index >= 15 is 0 Å². The minimum atomic E-state index is -4.54.